The second-order valence-corrected chi connectivity index (χ2v) is 11.5. The summed E-state index contributed by atoms with van der Waals surface area (Å²) in [6, 6.07) is 2.95. The van der Waals surface area contributed by atoms with Gasteiger partial charge in [0, 0.05) is 39.5 Å². The Morgan fingerprint density at radius 2 is 1.17 bits per heavy atom. The Morgan fingerprint density at radius 3 is 1.52 bits per heavy atom. The fourth-order valence-corrected chi connectivity index (χ4v) is 11.7. The van der Waals surface area contributed by atoms with E-state index in [9.17, 15) is 0 Å². The quantitative estimate of drug-likeness (QED) is 0.328. The molecule has 0 amide bonds. The van der Waals surface area contributed by atoms with Crippen LogP contribution in [0.3, 0.4) is 0 Å². The minimum absolute atomic E-state index is 0.501. The summed E-state index contributed by atoms with van der Waals surface area (Å²) >= 11 is 0. The molecule has 0 aromatic carbocycles. The third kappa shape index (κ3) is 8.40. The van der Waals surface area contributed by atoms with E-state index in [1.807, 2.05) is 34.6 Å². The van der Waals surface area contributed by atoms with Gasteiger partial charge in [-0.1, -0.05) is 0 Å². The summed E-state index contributed by atoms with van der Waals surface area (Å²) in [5.74, 6) is 0. The monoisotopic (exact) mass is 363 g/mol. The van der Waals surface area contributed by atoms with Gasteiger partial charge >= 0.3 is 17.4 Å². The predicted molar refractivity (Wildman–Crippen MR) is 94.1 cm³/mol. The lowest BCUT2D eigenvalue weighted by atomic mass is 10.4. The molecule has 136 valence electrons. The van der Waals surface area contributed by atoms with Gasteiger partial charge < -0.3 is 22.1 Å². The lowest BCUT2D eigenvalue weighted by molar-refractivity contribution is 0.0700. The van der Waals surface area contributed by atoms with Gasteiger partial charge in [-0.15, -0.1) is 0 Å². The van der Waals surface area contributed by atoms with Gasteiger partial charge in [0.05, 0.1) is 11.7 Å². The van der Waals surface area contributed by atoms with Crippen molar-refractivity contribution >= 4 is 17.4 Å². The topological polar surface area (TPSA) is 69.9 Å². The zero-order valence-electron chi connectivity index (χ0n) is 15.4. The molecule has 0 aliphatic rings. The molecule has 0 aromatic heterocycles. The third-order valence-electron chi connectivity index (χ3n) is 3.24. The number of rotatable bonds is 15. The van der Waals surface area contributed by atoms with Gasteiger partial charge in [0.25, 0.3) is 0 Å². The van der Waals surface area contributed by atoms with Gasteiger partial charge in [-0.05, 0) is 47.1 Å². The van der Waals surface area contributed by atoms with E-state index in [1.165, 1.54) is 0 Å². The molecular formula is C15H33NO5Si2. The highest BCUT2D eigenvalue weighted by Crippen LogP contribution is 2.30. The second-order valence-electron chi connectivity index (χ2n) is 4.95. The van der Waals surface area contributed by atoms with Gasteiger partial charge in [0.2, 0.25) is 0 Å². The summed E-state index contributed by atoms with van der Waals surface area (Å²) in [4.78, 5) is 0. The SMILES string of the molecule is CCO[Si](CCCC#N)(C[Si](OCC)(OCC)OCC)OCC. The Morgan fingerprint density at radius 1 is 0.739 bits per heavy atom. The van der Waals surface area contributed by atoms with Crippen molar-refractivity contribution in [1.29, 1.82) is 5.26 Å². The lowest BCUT2D eigenvalue weighted by Gasteiger charge is -2.37. The summed E-state index contributed by atoms with van der Waals surface area (Å²) in [7, 11) is -5.38. The highest BCUT2D eigenvalue weighted by molar-refractivity contribution is 6.83. The van der Waals surface area contributed by atoms with Gasteiger partial charge in [-0.2, -0.15) is 5.26 Å². The fraction of sp³-hybridized carbons (Fsp3) is 0.933. The smallest absolute Gasteiger partial charge is 0.395 e. The van der Waals surface area contributed by atoms with Gasteiger partial charge in [-0.3, -0.25) is 0 Å². The van der Waals surface area contributed by atoms with E-state index < -0.39 is 17.4 Å². The maximum atomic E-state index is 8.83. The molecule has 0 saturated carbocycles. The Bertz CT molecular complexity index is 315. The summed E-state index contributed by atoms with van der Waals surface area (Å²) in [5.41, 5.74) is 0.572. The first-order chi connectivity index (χ1) is 11.1. The van der Waals surface area contributed by atoms with Crippen LogP contribution in [-0.2, 0) is 22.1 Å². The van der Waals surface area contributed by atoms with Crippen molar-refractivity contribution in [3.63, 3.8) is 0 Å². The van der Waals surface area contributed by atoms with Crippen LogP contribution in [0.2, 0.25) is 11.7 Å². The summed E-state index contributed by atoms with van der Waals surface area (Å²) < 4.78 is 30.1. The first kappa shape index (κ1) is 22.7. The molecule has 23 heavy (non-hydrogen) atoms. The van der Waals surface area contributed by atoms with Gasteiger partial charge in [-0.25, -0.2) is 0 Å². The minimum Gasteiger partial charge on any atom is -0.395 e. The first-order valence-corrected chi connectivity index (χ1v) is 12.8. The Balaban J connectivity index is 5.38. The van der Waals surface area contributed by atoms with E-state index in [2.05, 4.69) is 6.07 Å². The lowest BCUT2D eigenvalue weighted by Crippen LogP contribution is -2.57. The van der Waals surface area contributed by atoms with E-state index in [0.717, 1.165) is 12.5 Å². The number of unbranched alkanes of at least 4 members (excludes halogenated alkanes) is 1. The fourth-order valence-electron chi connectivity index (χ4n) is 2.61. The predicted octanol–water partition coefficient (Wildman–Crippen LogP) is 3.39. The number of hydrogen-bond donors (Lipinski definition) is 0. The molecule has 0 rings (SSSR count). The molecule has 0 aromatic rings. The van der Waals surface area contributed by atoms with Crippen molar-refractivity contribution in [3.05, 3.63) is 0 Å². The summed E-state index contributed by atoms with van der Waals surface area (Å²) in [6.07, 6.45) is 1.26. The summed E-state index contributed by atoms with van der Waals surface area (Å²) in [5, 5.41) is 8.83. The highest BCUT2D eigenvalue weighted by Gasteiger charge is 2.53. The Labute approximate surface area is 143 Å². The standard InChI is InChI=1S/C15H33NO5Si2/c1-6-17-22(18-7-2,14-12-11-13-16)15-23(19-8-3,20-9-4)21-10-5/h6-12,14-15H2,1-5H3. The van der Waals surface area contributed by atoms with Gasteiger partial charge in [0.1, 0.15) is 0 Å². The van der Waals surface area contributed by atoms with Gasteiger partial charge in [0.15, 0.2) is 0 Å². The van der Waals surface area contributed by atoms with E-state index >= 15 is 0 Å². The average molecular weight is 364 g/mol. The van der Waals surface area contributed by atoms with E-state index in [4.69, 9.17) is 27.4 Å². The van der Waals surface area contributed by atoms with Crippen molar-refractivity contribution in [1.82, 2.24) is 0 Å². The molecule has 0 heterocycles. The number of nitrogens with zero attached hydrogens (tertiary/aromatic N) is 1. The Hall–Kier alpha value is -0.276. The zero-order chi connectivity index (χ0) is 17.6. The molecule has 0 N–H and O–H groups in total. The molecule has 0 spiro atoms. The normalized spacial score (nSPS) is 12.3. The van der Waals surface area contributed by atoms with Crippen molar-refractivity contribution in [2.45, 2.75) is 59.2 Å². The van der Waals surface area contributed by atoms with Crippen LogP contribution >= 0.6 is 0 Å². The summed E-state index contributed by atoms with van der Waals surface area (Å²) in [6.45, 7) is 12.5. The molecule has 0 aliphatic heterocycles. The van der Waals surface area contributed by atoms with E-state index in [0.29, 0.717) is 45.1 Å². The largest absolute Gasteiger partial charge is 0.502 e. The van der Waals surface area contributed by atoms with Crippen molar-refractivity contribution in [3.8, 4) is 6.07 Å². The number of hydrogen-bond acceptors (Lipinski definition) is 6. The average Bonchev–Trinajstić information content (AvgIpc) is 2.49. The zero-order valence-corrected chi connectivity index (χ0v) is 17.4. The Kier molecular flexibility index (Phi) is 12.9. The molecule has 8 heteroatoms. The van der Waals surface area contributed by atoms with Crippen LogP contribution in [0, 0.1) is 11.3 Å². The molecule has 0 bridgehead atoms. The third-order valence-corrected chi connectivity index (χ3v) is 12.1. The maximum Gasteiger partial charge on any atom is 0.502 e. The first-order valence-electron chi connectivity index (χ1n) is 8.64. The maximum absolute atomic E-state index is 8.83. The van der Waals surface area contributed by atoms with Crippen molar-refractivity contribution in [2.24, 2.45) is 0 Å². The highest BCUT2D eigenvalue weighted by atomic mass is 28.4. The van der Waals surface area contributed by atoms with Crippen LogP contribution < -0.4 is 0 Å². The van der Waals surface area contributed by atoms with Crippen molar-refractivity contribution in [2.75, 3.05) is 33.0 Å². The molecular weight excluding hydrogens is 330 g/mol. The molecule has 0 unspecified atom stereocenters. The molecule has 0 saturated heterocycles. The second kappa shape index (κ2) is 13.1. The molecule has 0 radical (unpaired) electrons. The van der Waals surface area contributed by atoms with Crippen LogP contribution in [0.15, 0.2) is 0 Å². The van der Waals surface area contributed by atoms with Crippen LogP contribution in [0.1, 0.15) is 47.5 Å². The van der Waals surface area contributed by atoms with Crippen molar-refractivity contribution < 1.29 is 22.1 Å². The minimum atomic E-state index is -2.84. The van der Waals surface area contributed by atoms with Crippen LogP contribution in [0.4, 0.5) is 0 Å². The molecule has 6 nitrogen and oxygen atoms in total. The van der Waals surface area contributed by atoms with Crippen LogP contribution in [0.25, 0.3) is 0 Å². The molecule has 0 fully saturated rings. The van der Waals surface area contributed by atoms with Crippen LogP contribution in [0.5, 0.6) is 0 Å². The molecule has 0 aliphatic carbocycles. The van der Waals surface area contributed by atoms with Crippen LogP contribution in [-0.4, -0.2) is 50.4 Å². The van der Waals surface area contributed by atoms with E-state index in [1.54, 1.807) is 0 Å². The molecule has 0 atom stereocenters. The number of nitriles is 1. The van der Waals surface area contributed by atoms with E-state index in [-0.39, 0.29) is 0 Å².